The Morgan fingerprint density at radius 3 is 1.65 bits per heavy atom. The molecule has 14 heteroatoms. The predicted molar refractivity (Wildman–Crippen MR) is 82.4 cm³/mol. The van der Waals surface area contributed by atoms with Crippen LogP contribution < -0.4 is 29.6 Å². The van der Waals surface area contributed by atoms with Gasteiger partial charge in [0, 0.05) is 10.9 Å². The van der Waals surface area contributed by atoms with E-state index in [1.165, 1.54) is 24.3 Å². The Morgan fingerprint density at radius 2 is 1.15 bits per heavy atom. The van der Waals surface area contributed by atoms with E-state index in [0.717, 1.165) is 0 Å². The third-order valence-corrected chi connectivity index (χ3v) is 3.58. The van der Waals surface area contributed by atoms with Crippen LogP contribution in [0, 0.1) is 40.5 Å². The van der Waals surface area contributed by atoms with Crippen molar-refractivity contribution in [2.75, 3.05) is 0 Å². The molecule has 26 heavy (non-hydrogen) atoms. The summed E-state index contributed by atoms with van der Waals surface area (Å²) in [5, 5.41) is 45.0. The second kappa shape index (κ2) is 6.62. The van der Waals surface area contributed by atoms with Gasteiger partial charge in [0.25, 0.3) is 0 Å². The Balaban J connectivity index is 0.00000243. The van der Waals surface area contributed by atoms with Crippen LogP contribution in [-0.2, 0) is 0 Å². The first-order valence-corrected chi connectivity index (χ1v) is 6.43. The summed E-state index contributed by atoms with van der Waals surface area (Å²) in [5.41, 5.74) is -5.75. The summed E-state index contributed by atoms with van der Waals surface area (Å²) in [6, 6.07) is 5.79. The van der Waals surface area contributed by atoms with E-state index in [0.29, 0.717) is 0 Å². The molecule has 126 valence electrons. The first kappa shape index (κ1) is 19.2. The molecule has 0 saturated carbocycles. The van der Waals surface area contributed by atoms with Gasteiger partial charge in [-0.3, -0.25) is 40.5 Å². The molecule has 0 aliphatic rings. The zero-order chi connectivity index (χ0) is 18.5. The number of nitrogens with zero attached hydrogens (tertiary/aromatic N) is 4. The van der Waals surface area contributed by atoms with Crippen molar-refractivity contribution in [2.24, 2.45) is 0 Å². The second-order valence-corrected chi connectivity index (χ2v) is 4.84. The third kappa shape index (κ3) is 2.63. The van der Waals surface area contributed by atoms with Crippen LogP contribution in [0.2, 0.25) is 0 Å². The minimum absolute atomic E-state index is 0. The number of hydrogen-bond acceptors (Lipinski definition) is 8. The zero-order valence-corrected chi connectivity index (χ0v) is 14.9. The summed E-state index contributed by atoms with van der Waals surface area (Å²) in [6.07, 6.45) is 0. The van der Waals surface area contributed by atoms with Crippen LogP contribution in [0.25, 0.3) is 21.8 Å². The number of para-hydroxylation sites is 1. The third-order valence-electron chi connectivity index (χ3n) is 3.58. The molecule has 0 aliphatic carbocycles. The number of H-pyrrole nitrogens is 1. The summed E-state index contributed by atoms with van der Waals surface area (Å²) in [7, 11) is 0. The molecule has 3 aromatic rings. The van der Waals surface area contributed by atoms with Crippen molar-refractivity contribution in [2.45, 2.75) is 0 Å². The van der Waals surface area contributed by atoms with Crippen molar-refractivity contribution in [3.8, 4) is 0 Å². The molecule has 2 aromatic carbocycles. The molecule has 0 spiro atoms. The topological polar surface area (TPSA) is 188 Å². The van der Waals surface area contributed by atoms with E-state index < -0.39 is 53.3 Å². The normalized spacial score (nSPS) is 10.5. The van der Waals surface area contributed by atoms with Crippen LogP contribution in [0.4, 0.5) is 22.7 Å². The van der Waals surface area contributed by atoms with E-state index in [1.54, 1.807) is 0 Å². The number of nitrogens with one attached hydrogen (secondary N) is 1. The fourth-order valence-corrected chi connectivity index (χ4v) is 2.73. The van der Waals surface area contributed by atoms with Gasteiger partial charge in [-0.1, -0.05) is 18.2 Å². The molecule has 0 saturated heterocycles. The first-order valence-electron chi connectivity index (χ1n) is 6.43. The summed E-state index contributed by atoms with van der Waals surface area (Å²) >= 11 is 0. The number of nitro groups is 4. The van der Waals surface area contributed by atoms with Crippen LogP contribution in [-0.4, -0.2) is 24.7 Å². The summed E-state index contributed by atoms with van der Waals surface area (Å²) in [5.74, 6) is 0. The van der Waals surface area contributed by atoms with Crippen LogP contribution in [0.3, 0.4) is 0 Å². The van der Waals surface area contributed by atoms with Crippen LogP contribution in [0.15, 0.2) is 24.3 Å². The van der Waals surface area contributed by atoms with Crippen molar-refractivity contribution in [3.63, 3.8) is 0 Å². The molecule has 0 bridgehead atoms. The van der Waals surface area contributed by atoms with Crippen LogP contribution >= 0.6 is 0 Å². The average Bonchev–Trinajstić information content (AvgIpc) is 2.90. The minimum Gasteiger partial charge on any atom is -0.348 e. The Hall–Kier alpha value is -3.16. The molecular weight excluding hydrogens is 365 g/mol. The van der Waals surface area contributed by atoms with Gasteiger partial charge in [0.2, 0.25) is 0 Å². The largest absolute Gasteiger partial charge is 1.00 e. The predicted octanol–water partition coefficient (Wildman–Crippen LogP) is -0.0421. The Labute approximate surface area is 163 Å². The first-order chi connectivity index (χ1) is 11.8. The second-order valence-electron chi connectivity index (χ2n) is 4.84. The fraction of sp³-hybridized carbons (Fsp3) is 0. The standard InChI is InChI=1S/C12H5N5O8.Na/c18-14(19)9-7-5-3-1-2-4-6(5)13-8(7)10(15(20)21)12(17(24)25)11(9)16(22)23;/h1-4,13H;/q;+1. The van der Waals surface area contributed by atoms with Gasteiger partial charge >= 0.3 is 52.3 Å². The van der Waals surface area contributed by atoms with Crippen molar-refractivity contribution < 1.29 is 49.3 Å². The Kier molecular flexibility index (Phi) is 4.88. The number of aromatic amines is 1. The number of rotatable bonds is 4. The van der Waals surface area contributed by atoms with Crippen LogP contribution in [0.5, 0.6) is 0 Å². The number of hydrogen-bond donors (Lipinski definition) is 1. The molecule has 0 radical (unpaired) electrons. The molecule has 0 fully saturated rings. The van der Waals surface area contributed by atoms with Gasteiger partial charge < -0.3 is 4.98 Å². The smallest absolute Gasteiger partial charge is 0.348 e. The maximum absolute atomic E-state index is 11.4. The van der Waals surface area contributed by atoms with Gasteiger partial charge in [0.15, 0.2) is 0 Å². The molecular formula is C12H5N5NaO8+. The van der Waals surface area contributed by atoms with Crippen molar-refractivity contribution in [1.29, 1.82) is 0 Å². The maximum Gasteiger partial charge on any atom is 1.00 e. The summed E-state index contributed by atoms with van der Waals surface area (Å²) in [4.78, 5) is 42.8. The number of fused-ring (bicyclic) bond motifs is 3. The molecule has 0 atom stereocenters. The van der Waals surface area contributed by atoms with Gasteiger partial charge in [0.05, 0.1) is 19.7 Å². The summed E-state index contributed by atoms with van der Waals surface area (Å²) < 4.78 is 0. The minimum atomic E-state index is -1.54. The Morgan fingerprint density at radius 1 is 0.692 bits per heavy atom. The van der Waals surface area contributed by atoms with Gasteiger partial charge in [-0.2, -0.15) is 0 Å². The molecule has 0 unspecified atom stereocenters. The van der Waals surface area contributed by atoms with Gasteiger partial charge in [-0.05, 0) is 6.07 Å². The number of nitro benzene ring substituents is 4. The molecule has 13 nitrogen and oxygen atoms in total. The van der Waals surface area contributed by atoms with Gasteiger partial charge in [0.1, 0.15) is 10.9 Å². The Bertz CT molecular complexity index is 1120. The van der Waals surface area contributed by atoms with Crippen molar-refractivity contribution >= 4 is 44.6 Å². The molecule has 3 rings (SSSR count). The molecule has 0 amide bonds. The number of benzene rings is 2. The zero-order valence-electron chi connectivity index (χ0n) is 12.9. The van der Waals surface area contributed by atoms with E-state index in [4.69, 9.17) is 0 Å². The monoisotopic (exact) mass is 370 g/mol. The van der Waals surface area contributed by atoms with Gasteiger partial charge in [-0.15, -0.1) is 0 Å². The van der Waals surface area contributed by atoms with E-state index >= 15 is 0 Å². The van der Waals surface area contributed by atoms with Crippen molar-refractivity contribution in [1.82, 2.24) is 4.98 Å². The molecule has 1 heterocycles. The van der Waals surface area contributed by atoms with E-state index in [-0.39, 0.29) is 40.5 Å². The van der Waals surface area contributed by atoms with E-state index in [2.05, 4.69) is 4.98 Å². The van der Waals surface area contributed by atoms with E-state index in [1.807, 2.05) is 0 Å². The molecule has 0 aliphatic heterocycles. The maximum atomic E-state index is 11.4. The molecule has 1 N–H and O–H groups in total. The van der Waals surface area contributed by atoms with E-state index in [9.17, 15) is 40.5 Å². The quantitative estimate of drug-likeness (QED) is 0.376. The number of aromatic nitrogens is 1. The van der Waals surface area contributed by atoms with Gasteiger partial charge in [-0.25, -0.2) is 0 Å². The SMILES string of the molecule is O=[N+]([O-])c1c([N+](=O)[O-])c([N+](=O)[O-])c2c([nH]c3ccccc32)c1[N+](=O)[O-].[Na+]. The van der Waals surface area contributed by atoms with Crippen molar-refractivity contribution in [3.05, 3.63) is 64.7 Å². The average molecular weight is 370 g/mol. The fourth-order valence-electron chi connectivity index (χ4n) is 2.73. The summed E-state index contributed by atoms with van der Waals surface area (Å²) in [6.45, 7) is 0. The molecule has 1 aromatic heterocycles. The van der Waals surface area contributed by atoms with Crippen LogP contribution in [0.1, 0.15) is 0 Å².